The maximum Gasteiger partial charge on any atom is 0.252 e. The second kappa shape index (κ2) is 13.0. The Morgan fingerprint density at radius 1 is 0.415 bits per heavy atom. The molecule has 0 unspecified atom stereocenters. The van der Waals surface area contributed by atoms with E-state index in [0.29, 0.717) is 5.92 Å². The van der Waals surface area contributed by atoms with Gasteiger partial charge in [-0.2, -0.15) is 0 Å². The maximum absolute atomic E-state index is 2.61. The molecule has 1 aliphatic carbocycles. The maximum atomic E-state index is 2.61. The molecule has 256 valence electrons. The molecule has 3 heteroatoms. The van der Waals surface area contributed by atoms with E-state index in [-0.39, 0.29) is 6.71 Å². The van der Waals surface area contributed by atoms with Gasteiger partial charge in [0.1, 0.15) is 0 Å². The minimum absolute atomic E-state index is 0.0839. The summed E-state index contributed by atoms with van der Waals surface area (Å²) in [5.74, 6) is 0.551. The Bertz CT molecular complexity index is 2320. The molecule has 7 aromatic rings. The van der Waals surface area contributed by atoms with Gasteiger partial charge in [0.25, 0.3) is 6.71 Å². The van der Waals surface area contributed by atoms with Crippen LogP contribution in [-0.4, -0.2) is 6.71 Å². The lowest BCUT2D eigenvalue weighted by Gasteiger charge is -2.45. The van der Waals surface area contributed by atoms with Gasteiger partial charge >= 0.3 is 0 Å². The monoisotopic (exact) mass is 682 g/mol. The van der Waals surface area contributed by atoms with Crippen molar-refractivity contribution in [1.82, 2.24) is 0 Å². The molecule has 1 fully saturated rings. The summed E-state index contributed by atoms with van der Waals surface area (Å²) in [5, 5.41) is 0. The first-order valence-corrected chi connectivity index (χ1v) is 19.4. The zero-order chi connectivity index (χ0) is 35.5. The van der Waals surface area contributed by atoms with Gasteiger partial charge in [0.2, 0.25) is 0 Å². The van der Waals surface area contributed by atoms with Gasteiger partial charge in [-0.05, 0) is 124 Å². The lowest BCUT2D eigenvalue weighted by molar-refractivity contribution is 0.444. The van der Waals surface area contributed by atoms with Crippen LogP contribution in [0, 0.1) is 13.8 Å². The van der Waals surface area contributed by atoms with Gasteiger partial charge in [0.15, 0.2) is 0 Å². The number of hydrogen-bond acceptors (Lipinski definition) is 2. The second-order valence-electron chi connectivity index (χ2n) is 15.3. The molecular formula is C50H43BN2. The first-order valence-electron chi connectivity index (χ1n) is 19.4. The third-order valence-corrected chi connectivity index (χ3v) is 12.1. The van der Waals surface area contributed by atoms with Crippen LogP contribution in [0.25, 0.3) is 22.3 Å². The van der Waals surface area contributed by atoms with Crippen molar-refractivity contribution in [3.63, 3.8) is 0 Å². The van der Waals surface area contributed by atoms with E-state index in [1.165, 1.54) is 122 Å². The van der Waals surface area contributed by atoms with Gasteiger partial charge in [-0.3, -0.25) is 0 Å². The molecule has 0 aromatic heterocycles. The third-order valence-electron chi connectivity index (χ3n) is 12.1. The van der Waals surface area contributed by atoms with Crippen molar-refractivity contribution < 1.29 is 0 Å². The molecule has 0 spiro atoms. The zero-order valence-electron chi connectivity index (χ0n) is 30.6. The largest absolute Gasteiger partial charge is 0.311 e. The van der Waals surface area contributed by atoms with Crippen LogP contribution < -0.4 is 26.2 Å². The summed E-state index contributed by atoms with van der Waals surface area (Å²) in [5.41, 5.74) is 20.8. The Kier molecular flexibility index (Phi) is 7.83. The Morgan fingerprint density at radius 2 is 0.868 bits per heavy atom. The molecule has 0 saturated heterocycles. The molecule has 0 N–H and O–H groups in total. The van der Waals surface area contributed by atoms with Crippen LogP contribution in [0.4, 0.5) is 34.1 Å². The summed E-state index contributed by atoms with van der Waals surface area (Å²) in [6, 6.07) is 59.3. The summed E-state index contributed by atoms with van der Waals surface area (Å²) in [7, 11) is 0. The minimum atomic E-state index is 0.0839. The zero-order valence-corrected chi connectivity index (χ0v) is 30.6. The van der Waals surface area contributed by atoms with Crippen molar-refractivity contribution in [2.45, 2.75) is 51.9 Å². The molecule has 0 bridgehead atoms. The first-order chi connectivity index (χ1) is 26.1. The van der Waals surface area contributed by atoms with E-state index in [1.807, 2.05) is 0 Å². The van der Waals surface area contributed by atoms with Crippen LogP contribution in [0.5, 0.6) is 0 Å². The molecule has 53 heavy (non-hydrogen) atoms. The fourth-order valence-electron chi connectivity index (χ4n) is 9.45. The topological polar surface area (TPSA) is 6.48 Å². The average molecular weight is 683 g/mol. The Morgan fingerprint density at radius 3 is 1.34 bits per heavy atom. The second-order valence-corrected chi connectivity index (χ2v) is 15.3. The number of nitrogens with zero attached hydrogens (tertiary/aromatic N) is 2. The molecule has 2 nitrogen and oxygen atoms in total. The van der Waals surface area contributed by atoms with E-state index in [2.05, 4.69) is 181 Å². The third kappa shape index (κ3) is 5.33. The van der Waals surface area contributed by atoms with E-state index in [1.54, 1.807) is 0 Å². The number of anilines is 6. The minimum Gasteiger partial charge on any atom is -0.311 e. The summed E-state index contributed by atoms with van der Waals surface area (Å²) < 4.78 is 0. The fraction of sp³-hybridized carbons (Fsp3) is 0.160. The Hall–Kier alpha value is -5.80. The summed E-state index contributed by atoms with van der Waals surface area (Å²) in [6.07, 6.45) is 6.44. The van der Waals surface area contributed by atoms with Crippen LogP contribution >= 0.6 is 0 Å². The van der Waals surface area contributed by atoms with E-state index in [0.717, 1.165) is 0 Å². The van der Waals surface area contributed by atoms with Crippen LogP contribution in [-0.2, 0) is 0 Å². The molecule has 0 atom stereocenters. The molecule has 0 radical (unpaired) electrons. The predicted molar refractivity (Wildman–Crippen MR) is 227 cm³/mol. The average Bonchev–Trinajstić information content (AvgIpc) is 3.22. The smallest absolute Gasteiger partial charge is 0.252 e. The van der Waals surface area contributed by atoms with Crippen molar-refractivity contribution in [2.24, 2.45) is 0 Å². The fourth-order valence-corrected chi connectivity index (χ4v) is 9.45. The van der Waals surface area contributed by atoms with E-state index >= 15 is 0 Å². The highest BCUT2D eigenvalue weighted by Gasteiger charge is 2.44. The Balaban J connectivity index is 1.31. The van der Waals surface area contributed by atoms with Crippen molar-refractivity contribution in [2.75, 3.05) is 9.80 Å². The van der Waals surface area contributed by atoms with Crippen molar-refractivity contribution in [3.05, 3.63) is 174 Å². The number of para-hydroxylation sites is 2. The van der Waals surface area contributed by atoms with Crippen LogP contribution in [0.3, 0.4) is 0 Å². The van der Waals surface area contributed by atoms with Gasteiger partial charge in [-0.25, -0.2) is 0 Å². The SMILES string of the molecule is Cc1ccccc1N1c2cc(-c3ccccc3)ccc2B2c3ccc(-c4ccccc4)cc3N(c3ccccc3C)c3cc(C4CCCCC4)cc1c32. The normalized spacial score (nSPS) is 14.8. The lowest BCUT2D eigenvalue weighted by atomic mass is 9.33. The quantitative estimate of drug-likeness (QED) is 0.167. The summed E-state index contributed by atoms with van der Waals surface area (Å²) >= 11 is 0. The number of rotatable bonds is 5. The summed E-state index contributed by atoms with van der Waals surface area (Å²) in [4.78, 5) is 5.22. The standard InChI is InChI=1S/C50H43BN2/c1-34-16-12-14-24-44(34)52-46-30-39(36-18-6-3-7-19-36)26-28-42(46)51-43-29-27-40(37-20-8-4-9-21-37)31-47(43)53(45-25-15-13-17-35(45)2)49-33-41(32-48(52)50(49)51)38-22-10-5-11-23-38/h3-4,6-9,12-21,24-33,38H,5,10-11,22-23H2,1-2H3. The molecule has 1 saturated carbocycles. The molecule has 3 aliphatic rings. The number of benzene rings is 7. The van der Waals surface area contributed by atoms with E-state index in [9.17, 15) is 0 Å². The molecule has 2 heterocycles. The number of fused-ring (bicyclic) bond motifs is 4. The predicted octanol–water partition coefficient (Wildman–Crippen LogP) is 11.8. The number of hydrogen-bond donors (Lipinski definition) is 0. The van der Waals surface area contributed by atoms with Crippen LogP contribution in [0.2, 0.25) is 0 Å². The number of aryl methyl sites for hydroxylation is 2. The van der Waals surface area contributed by atoms with Gasteiger partial charge in [0.05, 0.1) is 0 Å². The van der Waals surface area contributed by atoms with Gasteiger partial charge in [-0.1, -0.05) is 141 Å². The first kappa shape index (κ1) is 31.9. The van der Waals surface area contributed by atoms with E-state index in [4.69, 9.17) is 0 Å². The Labute approximate surface area is 314 Å². The van der Waals surface area contributed by atoms with Gasteiger partial charge in [0, 0.05) is 34.1 Å². The highest BCUT2D eigenvalue weighted by Crippen LogP contribution is 2.48. The van der Waals surface area contributed by atoms with Gasteiger partial charge in [-0.15, -0.1) is 0 Å². The van der Waals surface area contributed by atoms with Gasteiger partial charge < -0.3 is 9.80 Å². The highest BCUT2D eigenvalue weighted by molar-refractivity contribution is 7.00. The molecular weight excluding hydrogens is 639 g/mol. The molecule has 10 rings (SSSR count). The van der Waals surface area contributed by atoms with E-state index < -0.39 is 0 Å². The van der Waals surface area contributed by atoms with Crippen LogP contribution in [0.15, 0.2) is 158 Å². The van der Waals surface area contributed by atoms with Crippen molar-refractivity contribution >= 4 is 57.2 Å². The van der Waals surface area contributed by atoms with Crippen molar-refractivity contribution in [3.8, 4) is 22.3 Å². The molecule has 2 aliphatic heterocycles. The van der Waals surface area contributed by atoms with Crippen LogP contribution in [0.1, 0.15) is 54.7 Å². The highest BCUT2D eigenvalue weighted by atomic mass is 15.2. The lowest BCUT2D eigenvalue weighted by Crippen LogP contribution is -2.61. The van der Waals surface area contributed by atoms with Crippen molar-refractivity contribution in [1.29, 1.82) is 0 Å². The molecule has 7 aromatic carbocycles. The molecule has 0 amide bonds. The summed E-state index contributed by atoms with van der Waals surface area (Å²) in [6.45, 7) is 4.61.